The minimum atomic E-state index is -0.207. The summed E-state index contributed by atoms with van der Waals surface area (Å²) in [6.45, 7) is 2.94. The van der Waals surface area contributed by atoms with Crippen molar-refractivity contribution >= 4 is 22.5 Å². The summed E-state index contributed by atoms with van der Waals surface area (Å²) in [5.74, 6) is 1.50. The zero-order chi connectivity index (χ0) is 24.2. The van der Waals surface area contributed by atoms with Gasteiger partial charge in [0.1, 0.15) is 22.7 Å². The average molecular weight is 481 g/mol. The first kappa shape index (κ1) is 23.2. The van der Waals surface area contributed by atoms with E-state index in [4.69, 9.17) is 9.47 Å². The van der Waals surface area contributed by atoms with E-state index in [1.165, 1.54) is 6.33 Å². The molecule has 1 aromatic carbocycles. The van der Waals surface area contributed by atoms with Gasteiger partial charge in [-0.15, -0.1) is 0 Å². The molecule has 0 unspecified atom stereocenters. The maximum absolute atomic E-state index is 12.6. The Morgan fingerprint density at radius 2 is 2.03 bits per heavy atom. The minimum Gasteiger partial charge on any atom is -0.489 e. The van der Waals surface area contributed by atoms with Crippen LogP contribution < -0.4 is 20.5 Å². The molecule has 3 heterocycles. The van der Waals surface area contributed by atoms with E-state index in [9.17, 15) is 9.59 Å². The molecule has 0 spiro atoms. The number of hydrogen-bond donors (Lipinski definition) is 2. The number of hydrogen-bond acceptors (Lipinski definition) is 8. The SMILES string of the molecule is CNC(=O)c1ccnc(CC2CCC(Oc3cc(N4CCOCC4)cc4nc[nH]c(=O)c34)CC2)n1.[HH]. The van der Waals surface area contributed by atoms with Crippen molar-refractivity contribution in [1.82, 2.24) is 25.3 Å². The molecule has 2 aliphatic rings. The molecule has 186 valence electrons. The van der Waals surface area contributed by atoms with Crippen LogP contribution in [0.3, 0.4) is 0 Å². The fourth-order valence-corrected chi connectivity index (χ4v) is 4.89. The van der Waals surface area contributed by atoms with E-state index >= 15 is 0 Å². The van der Waals surface area contributed by atoms with Crippen LogP contribution in [0.1, 0.15) is 43.4 Å². The van der Waals surface area contributed by atoms with Crippen LogP contribution in [0.2, 0.25) is 0 Å². The Morgan fingerprint density at radius 3 is 2.80 bits per heavy atom. The van der Waals surface area contributed by atoms with Crippen molar-refractivity contribution in [2.45, 2.75) is 38.2 Å². The van der Waals surface area contributed by atoms with Crippen molar-refractivity contribution < 1.29 is 15.7 Å². The first-order valence-corrected chi connectivity index (χ1v) is 12.2. The number of rotatable bonds is 6. The zero-order valence-electron chi connectivity index (χ0n) is 19.8. The summed E-state index contributed by atoms with van der Waals surface area (Å²) in [7, 11) is 1.59. The van der Waals surface area contributed by atoms with Crippen molar-refractivity contribution in [2.24, 2.45) is 5.92 Å². The first-order valence-electron chi connectivity index (χ1n) is 12.2. The predicted molar refractivity (Wildman–Crippen MR) is 133 cm³/mol. The minimum absolute atomic E-state index is 0. The molecule has 0 radical (unpaired) electrons. The van der Waals surface area contributed by atoms with Gasteiger partial charge >= 0.3 is 0 Å². The molecular weight excluding hydrogens is 448 g/mol. The van der Waals surface area contributed by atoms with E-state index in [-0.39, 0.29) is 19.0 Å². The number of amides is 1. The number of nitrogens with one attached hydrogen (secondary N) is 2. The number of nitrogens with zero attached hydrogens (tertiary/aromatic N) is 4. The van der Waals surface area contributed by atoms with E-state index in [0.29, 0.717) is 47.3 Å². The summed E-state index contributed by atoms with van der Waals surface area (Å²) in [5.41, 5.74) is 1.83. The van der Waals surface area contributed by atoms with Crippen LogP contribution >= 0.6 is 0 Å². The van der Waals surface area contributed by atoms with Gasteiger partial charge in [-0.25, -0.2) is 15.0 Å². The van der Waals surface area contributed by atoms with E-state index in [2.05, 4.69) is 30.2 Å². The third-order valence-corrected chi connectivity index (χ3v) is 6.79. The molecule has 0 bridgehead atoms. The van der Waals surface area contributed by atoms with Crippen molar-refractivity contribution in [3.8, 4) is 5.75 Å². The smallest absolute Gasteiger partial charge is 0.269 e. The highest BCUT2D eigenvalue weighted by molar-refractivity contribution is 5.91. The predicted octanol–water partition coefficient (Wildman–Crippen LogP) is 2.34. The second kappa shape index (κ2) is 10.4. The van der Waals surface area contributed by atoms with Crippen molar-refractivity contribution in [2.75, 3.05) is 38.3 Å². The molecule has 10 heteroatoms. The summed E-state index contributed by atoms with van der Waals surface area (Å²) in [6, 6.07) is 5.54. The average Bonchev–Trinajstić information content (AvgIpc) is 2.90. The lowest BCUT2D eigenvalue weighted by Gasteiger charge is -2.31. The molecule has 3 aromatic rings. The Hall–Kier alpha value is -3.53. The van der Waals surface area contributed by atoms with E-state index in [1.807, 2.05) is 12.1 Å². The van der Waals surface area contributed by atoms with Crippen molar-refractivity contribution in [1.29, 1.82) is 0 Å². The third kappa shape index (κ3) is 5.27. The Kier molecular flexibility index (Phi) is 6.89. The van der Waals surface area contributed by atoms with E-state index in [1.54, 1.807) is 19.3 Å². The molecule has 1 amide bonds. The van der Waals surface area contributed by atoms with Crippen LogP contribution in [0.25, 0.3) is 10.9 Å². The highest BCUT2D eigenvalue weighted by Gasteiger charge is 2.25. The number of morpholine rings is 1. The molecule has 1 aliphatic carbocycles. The number of aromatic nitrogens is 4. The topological polar surface area (TPSA) is 122 Å². The molecule has 2 N–H and O–H groups in total. The largest absolute Gasteiger partial charge is 0.489 e. The van der Waals surface area contributed by atoms with E-state index < -0.39 is 0 Å². The summed E-state index contributed by atoms with van der Waals surface area (Å²) < 4.78 is 11.9. The van der Waals surface area contributed by atoms with Gasteiger partial charge in [0.15, 0.2) is 0 Å². The third-order valence-electron chi connectivity index (χ3n) is 6.79. The standard InChI is InChI=1S/C25H30N6O4.H2/c1-26-24(32)19-6-7-27-22(30-19)12-16-2-4-18(5-3-16)35-21-14-17(31-8-10-34-11-9-31)13-20-23(21)25(33)29-15-28-20;/h6-7,13-16,18H,2-5,8-12H2,1H3,(H,26,32)(H,28,29,33);1H. The number of ether oxygens (including phenoxy) is 2. The number of H-pyrrole nitrogens is 1. The monoisotopic (exact) mass is 480 g/mol. The molecule has 0 atom stereocenters. The normalized spacial score (nSPS) is 20.5. The molecule has 1 saturated carbocycles. The number of benzene rings is 1. The van der Waals surface area contributed by atoms with Crippen LogP contribution in [-0.4, -0.2) is 65.3 Å². The van der Waals surface area contributed by atoms with Gasteiger partial charge in [0.05, 0.1) is 31.2 Å². The number of fused-ring (bicyclic) bond motifs is 1. The Labute approximate surface area is 204 Å². The van der Waals surface area contributed by atoms with E-state index in [0.717, 1.165) is 50.9 Å². The molecule has 2 fully saturated rings. The second-order valence-electron chi connectivity index (χ2n) is 9.07. The fraction of sp³-hybridized carbons (Fsp3) is 0.480. The molecule has 10 nitrogen and oxygen atoms in total. The van der Waals surface area contributed by atoms with Crippen LogP contribution in [0.4, 0.5) is 5.69 Å². The first-order chi connectivity index (χ1) is 17.1. The number of carbonyl (C=O) groups is 1. The number of carbonyl (C=O) groups excluding carboxylic acids is 1. The van der Waals surface area contributed by atoms with Gasteiger partial charge in [0.25, 0.3) is 11.5 Å². The van der Waals surface area contributed by atoms with Gasteiger partial charge in [-0.05, 0) is 43.7 Å². The van der Waals surface area contributed by atoms with Crippen molar-refractivity contribution in [3.63, 3.8) is 0 Å². The highest BCUT2D eigenvalue weighted by Crippen LogP contribution is 2.34. The molecule has 35 heavy (non-hydrogen) atoms. The summed E-state index contributed by atoms with van der Waals surface area (Å²) in [6.07, 6.45) is 7.51. The molecule has 1 aliphatic heterocycles. The molecule has 5 rings (SSSR count). The Balaban J connectivity index is 0.00000304. The van der Waals surface area contributed by atoms with Gasteiger partial charge < -0.3 is 24.7 Å². The lowest BCUT2D eigenvalue weighted by atomic mass is 9.85. The Bertz CT molecular complexity index is 1250. The zero-order valence-corrected chi connectivity index (χ0v) is 19.8. The van der Waals surface area contributed by atoms with Gasteiger partial charge in [-0.3, -0.25) is 9.59 Å². The maximum atomic E-state index is 12.6. The van der Waals surface area contributed by atoms with Crippen molar-refractivity contribution in [3.05, 3.63) is 52.6 Å². The van der Waals surface area contributed by atoms with Crippen LogP contribution in [-0.2, 0) is 11.2 Å². The van der Waals surface area contributed by atoms with Crippen LogP contribution in [0, 0.1) is 5.92 Å². The highest BCUT2D eigenvalue weighted by atomic mass is 16.5. The van der Waals surface area contributed by atoms with Gasteiger partial charge in [-0.2, -0.15) is 0 Å². The van der Waals surface area contributed by atoms with Gasteiger partial charge in [0, 0.05) is 45.9 Å². The lowest BCUT2D eigenvalue weighted by Crippen LogP contribution is -2.36. The summed E-state index contributed by atoms with van der Waals surface area (Å²) >= 11 is 0. The quantitative estimate of drug-likeness (QED) is 0.551. The second-order valence-corrected chi connectivity index (χ2v) is 9.07. The molecular formula is C25H32N6O4. The maximum Gasteiger partial charge on any atom is 0.269 e. The number of aromatic amines is 1. The molecule has 2 aromatic heterocycles. The number of anilines is 1. The van der Waals surface area contributed by atoms with Gasteiger partial charge in [-0.1, -0.05) is 0 Å². The van der Waals surface area contributed by atoms with Crippen LogP contribution in [0.5, 0.6) is 5.75 Å². The lowest BCUT2D eigenvalue weighted by molar-refractivity contribution is 0.0957. The Morgan fingerprint density at radius 1 is 1.23 bits per heavy atom. The summed E-state index contributed by atoms with van der Waals surface area (Å²) in [4.78, 5) is 42.6. The van der Waals surface area contributed by atoms with Crippen LogP contribution in [0.15, 0.2) is 35.5 Å². The van der Waals surface area contributed by atoms with Gasteiger partial charge in [0.2, 0.25) is 0 Å². The molecule has 1 saturated heterocycles. The summed E-state index contributed by atoms with van der Waals surface area (Å²) in [5, 5.41) is 3.09. The fourth-order valence-electron chi connectivity index (χ4n) is 4.89.